The summed E-state index contributed by atoms with van der Waals surface area (Å²) in [7, 11) is 0. The van der Waals surface area contributed by atoms with Gasteiger partial charge in [-0.2, -0.15) is 0 Å². The van der Waals surface area contributed by atoms with Gasteiger partial charge in [0, 0.05) is 37.2 Å². The zero-order valence-electron chi connectivity index (χ0n) is 41.1. The molecular weight excluding hydrogens is 1060 g/mol. The van der Waals surface area contributed by atoms with Gasteiger partial charge in [-0.15, -0.1) is 10.2 Å². The number of hydrogen-bond acceptors (Lipinski definition) is 15. The van der Waals surface area contributed by atoms with E-state index < -0.39 is 42.0 Å². The summed E-state index contributed by atoms with van der Waals surface area (Å²) < 4.78 is 54.7. The lowest BCUT2D eigenvalue weighted by molar-refractivity contribution is -0.145. The number of nitrogens with zero attached hydrogens (tertiary/aromatic N) is 14. The molecule has 0 radical (unpaired) electrons. The van der Waals surface area contributed by atoms with Crippen LogP contribution in [0, 0.1) is 11.6 Å². The van der Waals surface area contributed by atoms with Crippen LogP contribution in [0.1, 0.15) is 99.3 Å². The van der Waals surface area contributed by atoms with Gasteiger partial charge >= 0.3 is 11.9 Å². The summed E-state index contributed by atoms with van der Waals surface area (Å²) >= 11 is 11.8. The number of carboxylic acids is 1. The number of carboxylic acid groups (broad SMARTS) is 1. The molecule has 0 bridgehead atoms. The maximum Gasteiger partial charge on any atom is 0.344 e. The third-order valence-corrected chi connectivity index (χ3v) is 13.2. The van der Waals surface area contributed by atoms with Crippen LogP contribution in [-0.4, -0.2) is 116 Å². The molecule has 400 valence electrons. The Balaban J connectivity index is 0.000000166. The highest BCUT2D eigenvalue weighted by Crippen LogP contribution is 2.43. The van der Waals surface area contributed by atoms with Crippen LogP contribution < -0.4 is 20.1 Å². The largest absolute Gasteiger partial charge is 0.479 e. The van der Waals surface area contributed by atoms with Crippen LogP contribution in [0.3, 0.4) is 0 Å². The molecule has 2 amide bonds. The first-order chi connectivity index (χ1) is 37.7. The molecule has 0 aromatic carbocycles. The Hall–Kier alpha value is -9.04. The number of aliphatic carboxylic acids is 1. The average molecular weight is 1110 g/mol. The molecule has 10 aromatic heterocycles. The molecular formula is C50H44Cl2F2N16O8. The number of carbonyl (C=O) groups excluding carboxylic acids is 3. The monoisotopic (exact) mass is 1100 g/mol. The number of pyridine rings is 4. The van der Waals surface area contributed by atoms with Gasteiger partial charge in [0.05, 0.1) is 90.7 Å². The van der Waals surface area contributed by atoms with Crippen LogP contribution in [-0.2, 0) is 40.5 Å². The van der Waals surface area contributed by atoms with Crippen LogP contribution in [0.5, 0.6) is 11.5 Å². The van der Waals surface area contributed by atoms with Gasteiger partial charge in [-0.1, -0.05) is 33.6 Å². The van der Waals surface area contributed by atoms with Gasteiger partial charge in [0.15, 0.2) is 59.0 Å². The fraction of sp³-hybridized carbons (Fsp3) is 0.280. The third-order valence-electron chi connectivity index (χ3n) is 12.6. The summed E-state index contributed by atoms with van der Waals surface area (Å²) in [6.07, 6.45) is 21.0. The fourth-order valence-electron chi connectivity index (χ4n) is 8.63. The van der Waals surface area contributed by atoms with Crippen molar-refractivity contribution in [2.45, 2.75) is 70.6 Å². The van der Waals surface area contributed by atoms with Crippen LogP contribution in [0.4, 0.5) is 8.78 Å². The van der Waals surface area contributed by atoms with E-state index in [-0.39, 0.29) is 71.9 Å². The molecule has 0 atom stereocenters. The molecule has 2 aliphatic carbocycles. The van der Waals surface area contributed by atoms with Crippen LogP contribution in [0.2, 0.25) is 10.0 Å². The van der Waals surface area contributed by atoms with Crippen molar-refractivity contribution in [3.05, 3.63) is 153 Å². The first kappa shape index (κ1) is 51.1. The zero-order valence-corrected chi connectivity index (χ0v) is 42.6. The molecule has 0 spiro atoms. The van der Waals surface area contributed by atoms with E-state index >= 15 is 0 Å². The molecule has 2 saturated carbocycles. The number of amides is 2. The number of nitrogens with one attached hydrogen (secondary N) is 2. The summed E-state index contributed by atoms with van der Waals surface area (Å²) in [5.74, 6) is -1.96. The second-order valence-electron chi connectivity index (χ2n) is 18.3. The summed E-state index contributed by atoms with van der Waals surface area (Å²) in [4.78, 5) is 65.8. The van der Waals surface area contributed by atoms with Crippen molar-refractivity contribution in [1.29, 1.82) is 0 Å². The van der Waals surface area contributed by atoms with Crippen molar-refractivity contribution >= 4 is 69.3 Å². The maximum atomic E-state index is 14.5. The highest BCUT2D eigenvalue weighted by Gasteiger charge is 2.28. The van der Waals surface area contributed by atoms with Gasteiger partial charge in [0.2, 0.25) is 0 Å². The molecule has 12 rings (SSSR count). The SMILES string of the molecule is CCOC(=O)COc1cc(C2CC2)cn2cc(Cn3cc(C(=O)NCc4ncn5ccc(Cl)c(F)c45)nn3)nc12.O=C(O)COc1cc(C2CC2)cn2cc(Cn3cc(C(=O)NCc4ncn5ccc(Cl)c(F)c45)nn3)nc12. The van der Waals surface area contributed by atoms with E-state index in [1.807, 2.05) is 39.5 Å². The van der Waals surface area contributed by atoms with E-state index in [0.29, 0.717) is 57.4 Å². The van der Waals surface area contributed by atoms with E-state index in [1.165, 1.54) is 55.3 Å². The van der Waals surface area contributed by atoms with E-state index in [2.05, 4.69) is 51.2 Å². The Morgan fingerprint density at radius 2 is 1.13 bits per heavy atom. The molecule has 0 saturated heterocycles. The minimum atomic E-state index is -1.07. The van der Waals surface area contributed by atoms with Gasteiger partial charge in [-0.25, -0.2) is 47.7 Å². The van der Waals surface area contributed by atoms with Gasteiger partial charge in [0.25, 0.3) is 11.8 Å². The van der Waals surface area contributed by atoms with Gasteiger partial charge < -0.3 is 47.6 Å². The number of hydrogen-bond donors (Lipinski definition) is 3. The first-order valence-corrected chi connectivity index (χ1v) is 25.1. The molecule has 24 nitrogen and oxygen atoms in total. The second-order valence-corrected chi connectivity index (χ2v) is 19.2. The Labute approximate surface area is 448 Å². The van der Waals surface area contributed by atoms with E-state index in [0.717, 1.165) is 36.8 Å². The van der Waals surface area contributed by atoms with Gasteiger partial charge in [-0.05, 0) is 79.8 Å². The molecule has 0 aliphatic heterocycles. The highest BCUT2D eigenvalue weighted by atomic mass is 35.5. The molecule has 2 fully saturated rings. The molecule has 10 aromatic rings. The lowest BCUT2D eigenvalue weighted by Crippen LogP contribution is -2.23. The minimum Gasteiger partial charge on any atom is -0.479 e. The van der Waals surface area contributed by atoms with Crippen molar-refractivity contribution in [2.24, 2.45) is 0 Å². The Bertz CT molecular complexity index is 3950. The number of ether oxygens (including phenoxy) is 3. The standard InChI is InChI=1S/C26H24ClFN8O4.C24H20ClFN8O4/c1-2-39-22(37)13-40-21-7-16(15-3-4-15)9-35-10-17(31-25(21)35)11-36-12-20(32-33-36)26(38)29-8-19-24-23(28)18(27)5-6-34(24)14-30-19;25-16-3-4-32-12-28-17(22(32)21(16)26)6-27-24(37)18-10-34(31-30-18)9-15-8-33-7-14(13-1-2-13)5-19(23(33)29-15)38-11-20(35)36/h5-7,9-10,12,14-15H,2-4,8,11,13H2,1H3,(H,29,38);3-5,7-8,10,12-13H,1-2,6,9,11H2,(H,27,37)(H,35,36). The van der Waals surface area contributed by atoms with Crippen molar-refractivity contribution in [3.63, 3.8) is 0 Å². The second kappa shape index (κ2) is 21.5. The van der Waals surface area contributed by atoms with Crippen LogP contribution in [0.15, 0.2) is 86.5 Å². The van der Waals surface area contributed by atoms with Crippen molar-refractivity contribution in [3.8, 4) is 11.5 Å². The summed E-state index contributed by atoms with van der Waals surface area (Å²) in [5.41, 5.74) is 5.68. The minimum absolute atomic E-state index is 0.0240. The predicted octanol–water partition coefficient (Wildman–Crippen LogP) is 5.85. The lowest BCUT2D eigenvalue weighted by atomic mass is 10.2. The Morgan fingerprint density at radius 1 is 0.667 bits per heavy atom. The molecule has 2 aliphatic rings. The van der Waals surface area contributed by atoms with Crippen molar-refractivity contribution < 1.29 is 47.3 Å². The molecule has 78 heavy (non-hydrogen) atoms. The van der Waals surface area contributed by atoms with Crippen molar-refractivity contribution in [1.82, 2.24) is 78.2 Å². The van der Waals surface area contributed by atoms with Crippen molar-refractivity contribution in [2.75, 3.05) is 19.8 Å². The number of aromatic nitrogens is 14. The summed E-state index contributed by atoms with van der Waals surface area (Å²) in [5, 5.41) is 30.2. The quantitative estimate of drug-likeness (QED) is 0.0802. The highest BCUT2D eigenvalue weighted by molar-refractivity contribution is 6.31. The predicted molar refractivity (Wildman–Crippen MR) is 271 cm³/mol. The van der Waals surface area contributed by atoms with E-state index in [4.69, 9.17) is 42.5 Å². The number of halogens is 4. The van der Waals surface area contributed by atoms with Gasteiger partial charge in [-0.3, -0.25) is 9.59 Å². The third kappa shape index (κ3) is 11.1. The first-order valence-electron chi connectivity index (χ1n) is 24.4. The average Bonchev–Trinajstić information content (AvgIpc) is 4.10. The molecule has 0 unspecified atom stereocenters. The van der Waals surface area contributed by atoms with Gasteiger partial charge in [0.1, 0.15) is 11.0 Å². The fourth-order valence-corrected chi connectivity index (χ4v) is 8.92. The van der Waals surface area contributed by atoms with Crippen LogP contribution in [0.25, 0.3) is 22.3 Å². The summed E-state index contributed by atoms with van der Waals surface area (Å²) in [6, 6.07) is 6.61. The van der Waals surface area contributed by atoms with Crippen LogP contribution >= 0.6 is 23.2 Å². The number of carbonyl (C=O) groups is 4. The smallest absolute Gasteiger partial charge is 0.344 e. The molecule has 28 heteroatoms. The lowest BCUT2D eigenvalue weighted by Gasteiger charge is -2.09. The normalized spacial score (nSPS) is 13.2. The molecule has 3 N–H and O–H groups in total. The number of fused-ring (bicyclic) bond motifs is 4. The van der Waals surface area contributed by atoms with E-state index in [1.54, 1.807) is 25.5 Å². The number of esters is 1. The zero-order chi connectivity index (χ0) is 54.2. The Kier molecular flexibility index (Phi) is 14.1. The number of imidazole rings is 4. The Morgan fingerprint density at radius 3 is 1.56 bits per heavy atom. The van der Waals surface area contributed by atoms with E-state index in [9.17, 15) is 28.0 Å². The number of rotatable bonds is 19. The summed E-state index contributed by atoms with van der Waals surface area (Å²) in [6.45, 7) is 1.74. The maximum absolute atomic E-state index is 14.5. The topological polar surface area (TPSA) is 271 Å². The molecule has 10 heterocycles.